The lowest BCUT2D eigenvalue weighted by molar-refractivity contribution is -0.138. The summed E-state index contributed by atoms with van der Waals surface area (Å²) in [5.41, 5.74) is 3.97. The van der Waals surface area contributed by atoms with Gasteiger partial charge >= 0.3 is 5.97 Å². The van der Waals surface area contributed by atoms with Gasteiger partial charge in [0.1, 0.15) is 5.82 Å². The fourth-order valence-corrected chi connectivity index (χ4v) is 4.63. The molecule has 2 amide bonds. The van der Waals surface area contributed by atoms with E-state index in [1.165, 1.54) is 10.9 Å². The number of fused-ring (bicyclic) bond motifs is 1. The summed E-state index contributed by atoms with van der Waals surface area (Å²) >= 11 is 0. The fraction of sp³-hybridized carbons (Fsp3) is 0.250. The van der Waals surface area contributed by atoms with Crippen LogP contribution in [0.3, 0.4) is 0 Å². The highest BCUT2D eigenvalue weighted by molar-refractivity contribution is 5.98. The lowest BCUT2D eigenvalue weighted by Gasteiger charge is -2.18. The molecule has 0 aliphatic carbocycles. The van der Waals surface area contributed by atoms with E-state index in [0.717, 1.165) is 28.8 Å². The first kappa shape index (κ1) is 28.3. The Morgan fingerprint density at radius 3 is 2.33 bits per heavy atom. The van der Waals surface area contributed by atoms with E-state index in [2.05, 4.69) is 52.1 Å². The van der Waals surface area contributed by atoms with Crippen molar-refractivity contribution in [1.82, 2.24) is 15.6 Å². The highest BCUT2D eigenvalue weighted by Crippen LogP contribution is 2.31. The number of carboxylic acids is 1. The van der Waals surface area contributed by atoms with Crippen molar-refractivity contribution < 1.29 is 19.5 Å². The summed E-state index contributed by atoms with van der Waals surface area (Å²) in [4.78, 5) is 40.5. The standard InChI is InChI=1S/C32H34N4O4/c1-22-12-17-26(27-9-3-2-8-25(22)27)23-13-15-24(16-14-23)28(20-32(39)40)36-31(38)21-35-30(37)11-5-7-19-34-29-10-4-6-18-33-29/h2-4,6,8-10,12-18,28H,5,7,11,19-21H2,1H3,(H,33,34)(H,35,37)(H,36,38)(H,39,40)/t28-/m0/s1. The van der Waals surface area contributed by atoms with Crippen LogP contribution in [0.25, 0.3) is 21.9 Å². The topological polar surface area (TPSA) is 120 Å². The quantitative estimate of drug-likeness (QED) is 0.173. The summed E-state index contributed by atoms with van der Waals surface area (Å²) in [6, 6.07) is 24.9. The number of nitrogens with one attached hydrogen (secondary N) is 3. The molecule has 1 atom stereocenters. The molecule has 0 unspecified atom stereocenters. The largest absolute Gasteiger partial charge is 0.481 e. The lowest BCUT2D eigenvalue weighted by Crippen LogP contribution is -2.39. The monoisotopic (exact) mass is 538 g/mol. The van der Waals surface area contributed by atoms with Crippen molar-refractivity contribution in [3.8, 4) is 11.1 Å². The number of anilines is 1. The third kappa shape index (κ3) is 7.89. The van der Waals surface area contributed by atoms with Crippen LogP contribution in [-0.2, 0) is 14.4 Å². The molecule has 1 aromatic heterocycles. The second kappa shape index (κ2) is 13.9. The molecule has 0 radical (unpaired) electrons. The number of amides is 2. The predicted molar refractivity (Wildman–Crippen MR) is 157 cm³/mol. The van der Waals surface area contributed by atoms with Crippen molar-refractivity contribution in [2.45, 2.75) is 38.6 Å². The maximum absolute atomic E-state index is 12.6. The molecule has 0 aliphatic rings. The van der Waals surface area contributed by atoms with Crippen LogP contribution < -0.4 is 16.0 Å². The van der Waals surface area contributed by atoms with Crippen molar-refractivity contribution in [2.24, 2.45) is 0 Å². The number of aromatic nitrogens is 1. The molecule has 40 heavy (non-hydrogen) atoms. The molecule has 206 valence electrons. The average molecular weight is 539 g/mol. The van der Waals surface area contributed by atoms with Gasteiger partial charge < -0.3 is 21.1 Å². The van der Waals surface area contributed by atoms with Crippen LogP contribution in [0.1, 0.15) is 42.9 Å². The first-order valence-electron chi connectivity index (χ1n) is 13.4. The van der Waals surface area contributed by atoms with Gasteiger partial charge in [-0.05, 0) is 64.9 Å². The van der Waals surface area contributed by atoms with Crippen LogP contribution >= 0.6 is 0 Å². The molecule has 0 saturated heterocycles. The Morgan fingerprint density at radius 1 is 0.850 bits per heavy atom. The minimum absolute atomic E-state index is 0.214. The van der Waals surface area contributed by atoms with Crippen molar-refractivity contribution >= 4 is 34.4 Å². The Labute approximate surface area is 233 Å². The van der Waals surface area contributed by atoms with Crippen molar-refractivity contribution in [3.63, 3.8) is 0 Å². The Balaban J connectivity index is 1.29. The molecular formula is C32H34N4O4. The SMILES string of the molecule is Cc1ccc(-c2ccc([C@H](CC(=O)O)NC(=O)CNC(=O)CCCCNc3ccccn3)cc2)c2ccccc12. The number of pyridine rings is 1. The van der Waals surface area contributed by atoms with Crippen molar-refractivity contribution in [2.75, 3.05) is 18.4 Å². The van der Waals surface area contributed by atoms with Crippen molar-refractivity contribution in [1.29, 1.82) is 0 Å². The summed E-state index contributed by atoms with van der Waals surface area (Å²) in [6.45, 7) is 2.56. The third-order valence-corrected chi connectivity index (χ3v) is 6.73. The highest BCUT2D eigenvalue weighted by Gasteiger charge is 2.19. The van der Waals surface area contributed by atoms with Crippen LogP contribution in [0.2, 0.25) is 0 Å². The number of aliphatic carboxylic acids is 1. The molecule has 3 aromatic carbocycles. The Bertz CT molecular complexity index is 1460. The second-order valence-electron chi connectivity index (χ2n) is 9.69. The molecule has 0 bridgehead atoms. The minimum Gasteiger partial charge on any atom is -0.481 e. The first-order chi connectivity index (χ1) is 19.4. The number of nitrogens with zero attached hydrogens (tertiary/aromatic N) is 1. The number of unbranched alkanes of at least 4 members (excludes halogenated alkanes) is 1. The summed E-state index contributed by atoms with van der Waals surface area (Å²) in [5.74, 6) is -0.900. The summed E-state index contributed by atoms with van der Waals surface area (Å²) in [5, 5.41) is 20.3. The number of benzene rings is 3. The zero-order chi connectivity index (χ0) is 28.3. The number of carbonyl (C=O) groups is 3. The van der Waals surface area contributed by atoms with E-state index in [4.69, 9.17) is 0 Å². The number of hydrogen-bond donors (Lipinski definition) is 4. The van der Waals surface area contributed by atoms with Gasteiger partial charge in [-0.1, -0.05) is 66.7 Å². The molecule has 0 saturated carbocycles. The number of hydrogen-bond acceptors (Lipinski definition) is 5. The second-order valence-corrected chi connectivity index (χ2v) is 9.69. The maximum atomic E-state index is 12.6. The molecule has 8 nitrogen and oxygen atoms in total. The van der Waals surface area contributed by atoms with Gasteiger partial charge in [-0.15, -0.1) is 0 Å². The summed E-state index contributed by atoms with van der Waals surface area (Å²) in [7, 11) is 0. The molecule has 1 heterocycles. The van der Waals surface area contributed by atoms with Gasteiger partial charge in [0.2, 0.25) is 11.8 Å². The van der Waals surface area contributed by atoms with E-state index in [9.17, 15) is 19.5 Å². The number of carboxylic acid groups (broad SMARTS) is 1. The summed E-state index contributed by atoms with van der Waals surface area (Å²) in [6.07, 6.45) is 3.19. The van der Waals surface area contributed by atoms with Crippen molar-refractivity contribution in [3.05, 3.63) is 96.2 Å². The van der Waals surface area contributed by atoms with E-state index >= 15 is 0 Å². The van der Waals surface area contributed by atoms with Crippen LogP contribution in [0.15, 0.2) is 85.1 Å². The van der Waals surface area contributed by atoms with Crippen LogP contribution in [0, 0.1) is 6.92 Å². The molecule has 4 N–H and O–H groups in total. The van der Waals surface area contributed by atoms with E-state index in [1.54, 1.807) is 6.20 Å². The molecule has 0 spiro atoms. The lowest BCUT2D eigenvalue weighted by atomic mass is 9.94. The normalized spacial score (nSPS) is 11.5. The van der Waals surface area contributed by atoms with E-state index < -0.39 is 17.9 Å². The molecule has 4 aromatic rings. The highest BCUT2D eigenvalue weighted by atomic mass is 16.4. The maximum Gasteiger partial charge on any atom is 0.305 e. The van der Waals surface area contributed by atoms with E-state index in [0.29, 0.717) is 24.9 Å². The van der Waals surface area contributed by atoms with Crippen LogP contribution in [-0.4, -0.2) is 41.0 Å². The Morgan fingerprint density at radius 2 is 1.60 bits per heavy atom. The molecule has 4 rings (SSSR count). The van der Waals surface area contributed by atoms with Crippen LogP contribution in [0.4, 0.5) is 5.82 Å². The van der Waals surface area contributed by atoms with Gasteiger partial charge in [-0.25, -0.2) is 4.98 Å². The molecule has 0 aliphatic heterocycles. The number of rotatable bonds is 13. The first-order valence-corrected chi connectivity index (χ1v) is 13.4. The zero-order valence-electron chi connectivity index (χ0n) is 22.5. The summed E-state index contributed by atoms with van der Waals surface area (Å²) < 4.78 is 0. The van der Waals surface area contributed by atoms with Gasteiger partial charge in [-0.3, -0.25) is 14.4 Å². The fourth-order valence-electron chi connectivity index (χ4n) is 4.63. The zero-order valence-corrected chi connectivity index (χ0v) is 22.5. The third-order valence-electron chi connectivity index (χ3n) is 6.73. The van der Waals surface area contributed by atoms with Gasteiger partial charge in [0, 0.05) is 19.2 Å². The van der Waals surface area contributed by atoms with Gasteiger partial charge in [0.25, 0.3) is 0 Å². The Kier molecular flexibility index (Phi) is 9.83. The Hall–Kier alpha value is -4.72. The predicted octanol–water partition coefficient (Wildman–Crippen LogP) is 5.24. The van der Waals surface area contributed by atoms with Crippen LogP contribution in [0.5, 0.6) is 0 Å². The van der Waals surface area contributed by atoms with Gasteiger partial charge in [-0.2, -0.15) is 0 Å². The number of carbonyl (C=O) groups excluding carboxylic acids is 2. The smallest absolute Gasteiger partial charge is 0.305 e. The minimum atomic E-state index is -1.03. The molecule has 8 heteroatoms. The number of aryl methyl sites for hydroxylation is 1. The molecular weight excluding hydrogens is 504 g/mol. The van der Waals surface area contributed by atoms with Gasteiger partial charge in [0.15, 0.2) is 0 Å². The average Bonchev–Trinajstić information content (AvgIpc) is 2.96. The van der Waals surface area contributed by atoms with E-state index in [1.807, 2.05) is 54.6 Å². The molecule has 0 fully saturated rings. The van der Waals surface area contributed by atoms with Gasteiger partial charge in [0.05, 0.1) is 19.0 Å². The van der Waals surface area contributed by atoms with E-state index in [-0.39, 0.29) is 18.9 Å².